The molecule has 3 rings (SSSR count). The molecule has 0 bridgehead atoms. The van der Waals surface area contributed by atoms with E-state index in [1.165, 1.54) is 0 Å². The van der Waals surface area contributed by atoms with Gasteiger partial charge >= 0.3 is 0 Å². The van der Waals surface area contributed by atoms with Gasteiger partial charge in [0.15, 0.2) is 0 Å². The molecule has 0 saturated carbocycles. The van der Waals surface area contributed by atoms with Crippen molar-refractivity contribution < 1.29 is 34.6 Å². The highest BCUT2D eigenvalue weighted by atomic mass is 16.6. The largest absolute Gasteiger partial charge is 0.491 e. The van der Waals surface area contributed by atoms with Gasteiger partial charge in [0.2, 0.25) is 0 Å². The third-order valence-electron chi connectivity index (χ3n) is 4.31. The monoisotopic (exact) mass is 326 g/mol. The Morgan fingerprint density at radius 1 is 1.13 bits per heavy atom. The highest BCUT2D eigenvalue weighted by Crippen LogP contribution is 2.33. The summed E-state index contributed by atoms with van der Waals surface area (Å²) >= 11 is 0. The van der Waals surface area contributed by atoms with Gasteiger partial charge < -0.3 is 34.6 Å². The lowest BCUT2D eigenvalue weighted by atomic mass is 9.91. The molecule has 0 radical (unpaired) electrons. The molecule has 2 saturated heterocycles. The quantitative estimate of drug-likeness (QED) is 0.570. The number of aliphatic hydroxyl groups is 4. The van der Waals surface area contributed by atoms with E-state index >= 15 is 0 Å². The number of rotatable bonds is 5. The Kier molecular flexibility index (Phi) is 5.15. The van der Waals surface area contributed by atoms with Crippen LogP contribution in [0.2, 0.25) is 0 Å². The van der Waals surface area contributed by atoms with Crippen LogP contribution >= 0.6 is 0 Å². The summed E-state index contributed by atoms with van der Waals surface area (Å²) in [5, 5.41) is 39.1. The minimum Gasteiger partial charge on any atom is -0.491 e. The molecule has 4 N–H and O–H groups in total. The summed E-state index contributed by atoms with van der Waals surface area (Å²) in [5.74, 6) is 0.606. The Bertz CT molecular complexity index is 517. The van der Waals surface area contributed by atoms with Gasteiger partial charge in [-0.05, 0) is 17.7 Å². The highest BCUT2D eigenvalue weighted by molar-refractivity contribution is 5.31. The maximum Gasteiger partial charge on any atom is 0.119 e. The van der Waals surface area contributed by atoms with Crippen molar-refractivity contribution in [3.8, 4) is 5.75 Å². The molecule has 1 aromatic rings. The highest BCUT2D eigenvalue weighted by Gasteiger charge is 2.43. The van der Waals surface area contributed by atoms with Gasteiger partial charge in [0, 0.05) is 13.0 Å². The Morgan fingerprint density at radius 3 is 2.57 bits per heavy atom. The summed E-state index contributed by atoms with van der Waals surface area (Å²) in [7, 11) is 0. The molecule has 128 valence electrons. The zero-order chi connectivity index (χ0) is 16.4. The van der Waals surface area contributed by atoms with Gasteiger partial charge in [-0.2, -0.15) is 0 Å². The van der Waals surface area contributed by atoms with Gasteiger partial charge in [-0.15, -0.1) is 0 Å². The average molecular weight is 326 g/mol. The van der Waals surface area contributed by atoms with Crippen molar-refractivity contribution in [3.05, 3.63) is 29.8 Å². The van der Waals surface area contributed by atoms with Crippen LogP contribution in [0.25, 0.3) is 0 Å². The van der Waals surface area contributed by atoms with Gasteiger partial charge in [0.05, 0.1) is 12.7 Å². The fourth-order valence-electron chi connectivity index (χ4n) is 2.76. The van der Waals surface area contributed by atoms with E-state index in [4.69, 9.17) is 14.2 Å². The molecule has 0 aliphatic carbocycles. The van der Waals surface area contributed by atoms with E-state index in [2.05, 4.69) is 0 Å². The van der Waals surface area contributed by atoms with Crippen LogP contribution in [0.4, 0.5) is 0 Å². The summed E-state index contributed by atoms with van der Waals surface area (Å²) in [5.41, 5.74) is 0.605. The van der Waals surface area contributed by atoms with Crippen LogP contribution in [0.1, 0.15) is 18.1 Å². The van der Waals surface area contributed by atoms with Crippen molar-refractivity contribution >= 4 is 0 Å². The molecule has 0 amide bonds. The van der Waals surface area contributed by atoms with Crippen molar-refractivity contribution in [3.63, 3.8) is 0 Å². The van der Waals surface area contributed by atoms with Crippen LogP contribution in [0.15, 0.2) is 24.3 Å². The summed E-state index contributed by atoms with van der Waals surface area (Å²) in [4.78, 5) is 0. The second-order valence-corrected chi connectivity index (χ2v) is 5.91. The first-order chi connectivity index (χ1) is 11.1. The average Bonchev–Trinajstić information content (AvgIpc) is 2.52. The minimum absolute atomic E-state index is 0.117. The number of aliphatic hydroxyl groups excluding tert-OH is 4. The predicted octanol–water partition coefficient (Wildman–Crippen LogP) is -0.631. The molecular formula is C16H22O7. The van der Waals surface area contributed by atoms with Gasteiger partial charge in [-0.1, -0.05) is 12.1 Å². The number of ether oxygens (including phenoxy) is 3. The molecule has 0 spiro atoms. The summed E-state index contributed by atoms with van der Waals surface area (Å²) < 4.78 is 16.5. The zero-order valence-corrected chi connectivity index (χ0v) is 12.6. The molecule has 23 heavy (non-hydrogen) atoms. The van der Waals surface area contributed by atoms with Gasteiger partial charge in [0.1, 0.15) is 42.9 Å². The summed E-state index contributed by atoms with van der Waals surface area (Å²) in [6, 6.07) is 6.99. The lowest BCUT2D eigenvalue weighted by Gasteiger charge is -2.40. The molecule has 7 nitrogen and oxygen atoms in total. The van der Waals surface area contributed by atoms with Crippen molar-refractivity contribution in [2.45, 2.75) is 43.0 Å². The molecular weight excluding hydrogens is 304 g/mol. The molecule has 0 aromatic heterocycles. The van der Waals surface area contributed by atoms with Crippen LogP contribution in [0.3, 0.4) is 0 Å². The van der Waals surface area contributed by atoms with E-state index in [0.29, 0.717) is 17.9 Å². The Morgan fingerprint density at radius 2 is 1.91 bits per heavy atom. The van der Waals surface area contributed by atoms with Crippen LogP contribution in [0.5, 0.6) is 5.75 Å². The third kappa shape index (κ3) is 3.50. The molecule has 1 aromatic carbocycles. The normalized spacial score (nSPS) is 37.2. The van der Waals surface area contributed by atoms with Gasteiger partial charge in [0.25, 0.3) is 0 Å². The van der Waals surface area contributed by atoms with Crippen molar-refractivity contribution in [2.75, 3.05) is 19.8 Å². The van der Waals surface area contributed by atoms with Crippen molar-refractivity contribution in [1.82, 2.24) is 0 Å². The smallest absolute Gasteiger partial charge is 0.119 e. The first kappa shape index (κ1) is 16.6. The molecule has 2 heterocycles. The minimum atomic E-state index is -1.39. The summed E-state index contributed by atoms with van der Waals surface area (Å²) in [6.45, 7) is 0.772. The molecule has 2 aliphatic rings. The first-order valence-electron chi connectivity index (χ1n) is 7.75. The van der Waals surface area contributed by atoms with Gasteiger partial charge in [-0.3, -0.25) is 0 Å². The second kappa shape index (κ2) is 7.12. The van der Waals surface area contributed by atoms with Crippen LogP contribution in [-0.4, -0.2) is 70.8 Å². The molecule has 6 atom stereocenters. The fraction of sp³-hybridized carbons (Fsp3) is 0.625. The van der Waals surface area contributed by atoms with Crippen LogP contribution < -0.4 is 4.74 Å². The number of hydrogen-bond acceptors (Lipinski definition) is 7. The van der Waals surface area contributed by atoms with Crippen LogP contribution in [0, 0.1) is 0 Å². The van der Waals surface area contributed by atoms with E-state index in [-0.39, 0.29) is 6.10 Å². The Balaban J connectivity index is 1.71. The van der Waals surface area contributed by atoms with Crippen molar-refractivity contribution in [1.29, 1.82) is 0 Å². The number of benzene rings is 1. The third-order valence-corrected chi connectivity index (χ3v) is 4.31. The maximum atomic E-state index is 10.2. The lowest BCUT2D eigenvalue weighted by molar-refractivity contribution is -0.231. The SMILES string of the molecule is OC[C@H]1OC(c2cccc(OCC3CCO3)c2)[C@@H](O)[C@@H](O)[C@@H]1O. The Hall–Kier alpha value is -1.22. The van der Waals surface area contributed by atoms with E-state index in [1.54, 1.807) is 24.3 Å². The summed E-state index contributed by atoms with van der Waals surface area (Å²) in [6.07, 6.45) is -4.73. The van der Waals surface area contributed by atoms with E-state index in [1.807, 2.05) is 0 Å². The van der Waals surface area contributed by atoms with Gasteiger partial charge in [-0.25, -0.2) is 0 Å². The Labute approximate surface area is 134 Å². The molecule has 2 fully saturated rings. The molecule has 7 heteroatoms. The van der Waals surface area contributed by atoms with E-state index in [0.717, 1.165) is 13.0 Å². The first-order valence-corrected chi connectivity index (χ1v) is 7.75. The lowest BCUT2D eigenvalue weighted by Crippen LogP contribution is -2.55. The molecule has 2 unspecified atom stereocenters. The second-order valence-electron chi connectivity index (χ2n) is 5.91. The van der Waals surface area contributed by atoms with Crippen molar-refractivity contribution in [2.24, 2.45) is 0 Å². The topological polar surface area (TPSA) is 109 Å². The van der Waals surface area contributed by atoms with E-state index < -0.39 is 37.1 Å². The van der Waals surface area contributed by atoms with Crippen LogP contribution in [-0.2, 0) is 9.47 Å². The zero-order valence-electron chi connectivity index (χ0n) is 12.6. The molecule has 2 aliphatic heterocycles. The fourth-order valence-corrected chi connectivity index (χ4v) is 2.76. The standard InChI is InChI=1S/C16H22O7/c17-7-12-13(18)14(19)15(20)16(23-12)9-2-1-3-10(6-9)22-8-11-4-5-21-11/h1-3,6,11-20H,4-5,7-8H2/t11?,12-,13-,14+,15+,16?/m1/s1. The number of hydrogen-bond donors (Lipinski definition) is 4. The predicted molar refractivity (Wildman–Crippen MR) is 79.0 cm³/mol. The maximum absolute atomic E-state index is 10.2. The van der Waals surface area contributed by atoms with E-state index in [9.17, 15) is 20.4 Å².